The Morgan fingerprint density at radius 2 is 1.86 bits per heavy atom. The highest BCUT2D eigenvalue weighted by Gasteiger charge is 2.08. The molecule has 132 valence electrons. The number of likely N-dealkylation sites (tertiary alicyclic amines) is 1. The Bertz CT molecular complexity index is 281. The molecule has 0 aliphatic carbocycles. The first kappa shape index (κ1) is 21.9. The number of rotatable bonds is 8. The monoisotopic (exact) mass is 426 g/mol. The summed E-state index contributed by atoms with van der Waals surface area (Å²) in [5, 5.41) is 15.7. The molecule has 0 amide bonds. The molecule has 0 bridgehead atoms. The lowest BCUT2D eigenvalue weighted by molar-refractivity contribution is 0.241. The van der Waals surface area contributed by atoms with Crippen molar-refractivity contribution in [2.75, 3.05) is 45.9 Å². The van der Waals surface area contributed by atoms with Crippen LogP contribution in [0.15, 0.2) is 4.99 Å². The van der Waals surface area contributed by atoms with Gasteiger partial charge in [0.15, 0.2) is 5.96 Å². The van der Waals surface area contributed by atoms with Gasteiger partial charge in [-0.25, -0.2) is 0 Å². The predicted molar refractivity (Wildman–Crippen MR) is 105 cm³/mol. The molecule has 1 aliphatic heterocycles. The molecule has 0 spiro atoms. The van der Waals surface area contributed by atoms with Crippen molar-refractivity contribution < 1.29 is 5.11 Å². The van der Waals surface area contributed by atoms with Crippen molar-refractivity contribution in [1.29, 1.82) is 0 Å². The average Bonchev–Trinajstić information content (AvgIpc) is 2.77. The highest BCUT2D eigenvalue weighted by Crippen LogP contribution is 2.09. The second-order valence-electron chi connectivity index (χ2n) is 6.04. The number of hydrogen-bond acceptors (Lipinski definition) is 3. The normalized spacial score (nSPS) is 18.2. The summed E-state index contributed by atoms with van der Waals surface area (Å²) in [4.78, 5) is 7.09. The minimum Gasteiger partial charge on any atom is -0.396 e. The molecule has 0 aromatic carbocycles. The minimum absolute atomic E-state index is 0. The molecule has 1 fully saturated rings. The van der Waals surface area contributed by atoms with E-state index in [9.17, 15) is 0 Å². The third-order valence-corrected chi connectivity index (χ3v) is 3.86. The van der Waals surface area contributed by atoms with Crippen molar-refractivity contribution in [3.8, 4) is 0 Å². The number of aliphatic imine (C=N–C) groups is 1. The Morgan fingerprint density at radius 3 is 2.45 bits per heavy atom. The zero-order chi connectivity index (χ0) is 15.3. The van der Waals surface area contributed by atoms with Gasteiger partial charge in [-0.3, -0.25) is 4.99 Å². The summed E-state index contributed by atoms with van der Waals surface area (Å²) in [7, 11) is 0. The van der Waals surface area contributed by atoms with Crippen LogP contribution in [-0.4, -0.2) is 61.8 Å². The molecule has 1 atom stereocenters. The van der Waals surface area contributed by atoms with Gasteiger partial charge in [-0.2, -0.15) is 0 Å². The molecule has 3 N–H and O–H groups in total. The van der Waals surface area contributed by atoms with Crippen LogP contribution in [0.3, 0.4) is 0 Å². The van der Waals surface area contributed by atoms with Gasteiger partial charge in [0.2, 0.25) is 0 Å². The Hall–Kier alpha value is -0.0800. The quantitative estimate of drug-likeness (QED) is 0.241. The summed E-state index contributed by atoms with van der Waals surface area (Å²) in [6, 6.07) is 0. The molecule has 0 aromatic rings. The number of nitrogens with zero attached hydrogens (tertiary/aromatic N) is 2. The number of halogens is 1. The second-order valence-corrected chi connectivity index (χ2v) is 6.04. The van der Waals surface area contributed by atoms with Crippen LogP contribution in [0.25, 0.3) is 0 Å². The van der Waals surface area contributed by atoms with Gasteiger partial charge in [-0.15, -0.1) is 24.0 Å². The lowest BCUT2D eigenvalue weighted by atomic mass is 10.2. The van der Waals surface area contributed by atoms with Crippen molar-refractivity contribution in [3.63, 3.8) is 0 Å². The summed E-state index contributed by atoms with van der Waals surface area (Å²) in [6.45, 7) is 10.5. The topological polar surface area (TPSA) is 59.9 Å². The Kier molecular flexibility index (Phi) is 14.5. The van der Waals surface area contributed by atoms with Crippen LogP contribution in [-0.2, 0) is 0 Å². The van der Waals surface area contributed by atoms with Crippen LogP contribution in [0.2, 0.25) is 0 Å². The van der Waals surface area contributed by atoms with Gasteiger partial charge in [-0.05, 0) is 51.7 Å². The molecule has 0 aromatic heterocycles. The average molecular weight is 426 g/mol. The van der Waals surface area contributed by atoms with Gasteiger partial charge in [0.25, 0.3) is 0 Å². The van der Waals surface area contributed by atoms with Crippen LogP contribution in [0.4, 0.5) is 0 Å². The largest absolute Gasteiger partial charge is 0.396 e. The van der Waals surface area contributed by atoms with Gasteiger partial charge in [0, 0.05) is 26.2 Å². The van der Waals surface area contributed by atoms with Crippen LogP contribution in [0.5, 0.6) is 0 Å². The summed E-state index contributed by atoms with van der Waals surface area (Å²) in [6.07, 6.45) is 6.66. The van der Waals surface area contributed by atoms with Gasteiger partial charge in [-0.1, -0.05) is 19.8 Å². The van der Waals surface area contributed by atoms with Gasteiger partial charge in [0.05, 0.1) is 0 Å². The van der Waals surface area contributed by atoms with E-state index in [1.165, 1.54) is 45.3 Å². The smallest absolute Gasteiger partial charge is 0.191 e. The maximum Gasteiger partial charge on any atom is 0.191 e. The molecular formula is C16H35IN4O. The van der Waals surface area contributed by atoms with E-state index in [0.29, 0.717) is 6.54 Å². The molecule has 22 heavy (non-hydrogen) atoms. The number of aliphatic hydroxyl groups is 1. The third kappa shape index (κ3) is 10.6. The molecule has 1 saturated heterocycles. The molecular weight excluding hydrogens is 391 g/mol. The van der Waals surface area contributed by atoms with E-state index in [0.717, 1.165) is 25.5 Å². The number of aliphatic hydroxyl groups excluding tert-OH is 1. The minimum atomic E-state index is 0. The Morgan fingerprint density at radius 1 is 1.18 bits per heavy atom. The van der Waals surface area contributed by atoms with Crippen LogP contribution >= 0.6 is 24.0 Å². The number of hydrogen-bond donors (Lipinski definition) is 3. The van der Waals surface area contributed by atoms with Crippen molar-refractivity contribution in [2.45, 2.75) is 46.0 Å². The zero-order valence-electron chi connectivity index (χ0n) is 14.3. The fraction of sp³-hybridized carbons (Fsp3) is 0.938. The number of guanidine groups is 1. The molecule has 1 heterocycles. The van der Waals surface area contributed by atoms with Gasteiger partial charge >= 0.3 is 0 Å². The standard InChI is InChI=1S/C16H34N4O.HI/c1-3-17-16(19-13-15(2)14-21)18-9-8-12-20-10-6-4-5-7-11-20;/h15,21H,3-14H2,1-2H3,(H2,17,18,19);1H. The Balaban J connectivity index is 0.00000441. The van der Waals surface area contributed by atoms with Crippen molar-refractivity contribution >= 4 is 29.9 Å². The van der Waals surface area contributed by atoms with Crippen molar-refractivity contribution in [3.05, 3.63) is 0 Å². The molecule has 6 heteroatoms. The van der Waals surface area contributed by atoms with Crippen LogP contribution in [0, 0.1) is 5.92 Å². The lowest BCUT2D eigenvalue weighted by Gasteiger charge is -2.20. The van der Waals surface area contributed by atoms with E-state index in [1.54, 1.807) is 0 Å². The van der Waals surface area contributed by atoms with E-state index in [1.807, 2.05) is 6.92 Å². The van der Waals surface area contributed by atoms with Crippen molar-refractivity contribution in [2.24, 2.45) is 10.9 Å². The first-order valence-electron chi connectivity index (χ1n) is 8.61. The van der Waals surface area contributed by atoms with E-state index >= 15 is 0 Å². The third-order valence-electron chi connectivity index (χ3n) is 3.86. The molecule has 0 saturated carbocycles. The molecule has 1 unspecified atom stereocenters. The highest BCUT2D eigenvalue weighted by molar-refractivity contribution is 14.0. The summed E-state index contributed by atoms with van der Waals surface area (Å²) in [5.41, 5.74) is 0. The maximum absolute atomic E-state index is 9.04. The molecule has 1 rings (SSSR count). The van der Waals surface area contributed by atoms with Gasteiger partial charge < -0.3 is 20.6 Å². The summed E-state index contributed by atoms with van der Waals surface area (Å²) < 4.78 is 0. The van der Waals surface area contributed by atoms with E-state index < -0.39 is 0 Å². The number of nitrogens with one attached hydrogen (secondary N) is 2. The second kappa shape index (κ2) is 14.5. The summed E-state index contributed by atoms with van der Waals surface area (Å²) >= 11 is 0. The van der Waals surface area contributed by atoms with Crippen LogP contribution in [0.1, 0.15) is 46.0 Å². The fourth-order valence-corrected chi connectivity index (χ4v) is 2.52. The fourth-order valence-electron chi connectivity index (χ4n) is 2.52. The first-order chi connectivity index (χ1) is 10.3. The van der Waals surface area contributed by atoms with Crippen molar-refractivity contribution in [1.82, 2.24) is 15.5 Å². The SMILES string of the molecule is CCNC(=NCC(C)CO)NCCCN1CCCCCC1.I. The van der Waals surface area contributed by atoms with Gasteiger partial charge in [0.1, 0.15) is 0 Å². The Labute approximate surface area is 153 Å². The highest BCUT2D eigenvalue weighted by atomic mass is 127. The summed E-state index contributed by atoms with van der Waals surface area (Å²) in [5.74, 6) is 1.09. The molecule has 1 aliphatic rings. The lowest BCUT2D eigenvalue weighted by Crippen LogP contribution is -2.39. The molecule has 0 radical (unpaired) electrons. The van der Waals surface area contributed by atoms with Crippen LogP contribution < -0.4 is 10.6 Å². The first-order valence-corrected chi connectivity index (χ1v) is 8.61. The molecule has 5 nitrogen and oxygen atoms in total. The maximum atomic E-state index is 9.04. The van der Waals surface area contributed by atoms with E-state index in [4.69, 9.17) is 5.11 Å². The van der Waals surface area contributed by atoms with E-state index in [2.05, 4.69) is 27.4 Å². The zero-order valence-corrected chi connectivity index (χ0v) is 16.6. The van der Waals surface area contributed by atoms with E-state index in [-0.39, 0.29) is 36.5 Å². The predicted octanol–water partition coefficient (Wildman–Crippen LogP) is 2.05.